The molecule has 0 spiro atoms. The standard InChI is InChI=1S/C13H17N3O2S/c1-2-8(6-14)13(18)15-9-3-4-11-10(5-9)16-12(17)7-19-11/h3-5,8H,2,6-7,14H2,1H3,(H,15,18)(H,16,17). The summed E-state index contributed by atoms with van der Waals surface area (Å²) >= 11 is 1.49. The normalized spacial score (nSPS) is 15.4. The lowest BCUT2D eigenvalue weighted by molar-refractivity contribution is -0.119. The Hall–Kier alpha value is -1.53. The molecule has 1 heterocycles. The third-order valence-corrected chi connectivity index (χ3v) is 4.10. The van der Waals surface area contributed by atoms with E-state index >= 15 is 0 Å². The van der Waals surface area contributed by atoms with E-state index in [1.54, 1.807) is 6.07 Å². The fraction of sp³-hybridized carbons (Fsp3) is 0.385. The van der Waals surface area contributed by atoms with Gasteiger partial charge in [0.15, 0.2) is 0 Å². The first-order valence-corrected chi connectivity index (χ1v) is 7.20. The second-order valence-electron chi connectivity index (χ2n) is 4.38. The van der Waals surface area contributed by atoms with Gasteiger partial charge in [-0.05, 0) is 24.6 Å². The number of benzene rings is 1. The zero-order valence-electron chi connectivity index (χ0n) is 10.7. The molecule has 102 valence electrons. The number of hydrogen-bond donors (Lipinski definition) is 3. The molecule has 1 aromatic carbocycles. The number of carbonyl (C=O) groups excluding carboxylic acids is 2. The largest absolute Gasteiger partial charge is 0.330 e. The monoisotopic (exact) mass is 279 g/mol. The maximum Gasteiger partial charge on any atom is 0.234 e. The lowest BCUT2D eigenvalue weighted by atomic mass is 10.1. The highest BCUT2D eigenvalue weighted by atomic mass is 32.2. The molecule has 1 unspecified atom stereocenters. The molecule has 2 rings (SSSR count). The van der Waals surface area contributed by atoms with E-state index in [4.69, 9.17) is 5.73 Å². The van der Waals surface area contributed by atoms with Crippen molar-refractivity contribution in [1.29, 1.82) is 0 Å². The maximum absolute atomic E-state index is 11.9. The Morgan fingerprint density at radius 2 is 2.37 bits per heavy atom. The molecule has 1 atom stereocenters. The minimum atomic E-state index is -0.181. The zero-order valence-corrected chi connectivity index (χ0v) is 11.5. The molecule has 2 amide bonds. The predicted octanol–water partition coefficient (Wildman–Crippen LogP) is 1.65. The first-order valence-electron chi connectivity index (χ1n) is 6.21. The Morgan fingerprint density at radius 1 is 1.58 bits per heavy atom. The van der Waals surface area contributed by atoms with Crippen molar-refractivity contribution in [3.63, 3.8) is 0 Å². The number of rotatable bonds is 4. The topological polar surface area (TPSA) is 84.2 Å². The van der Waals surface area contributed by atoms with Gasteiger partial charge < -0.3 is 16.4 Å². The summed E-state index contributed by atoms with van der Waals surface area (Å²) in [6, 6.07) is 5.52. The number of nitrogens with two attached hydrogens (primary N) is 1. The van der Waals surface area contributed by atoms with Gasteiger partial charge in [-0.25, -0.2) is 0 Å². The molecular weight excluding hydrogens is 262 g/mol. The molecule has 6 heteroatoms. The summed E-state index contributed by atoms with van der Waals surface area (Å²) < 4.78 is 0. The van der Waals surface area contributed by atoms with Crippen molar-refractivity contribution in [2.75, 3.05) is 22.9 Å². The van der Waals surface area contributed by atoms with Gasteiger partial charge in [-0.2, -0.15) is 0 Å². The van der Waals surface area contributed by atoms with E-state index in [1.165, 1.54) is 11.8 Å². The van der Waals surface area contributed by atoms with Crippen molar-refractivity contribution in [2.24, 2.45) is 11.7 Å². The van der Waals surface area contributed by atoms with Gasteiger partial charge in [0.05, 0.1) is 17.4 Å². The van der Waals surface area contributed by atoms with Gasteiger partial charge in [0.2, 0.25) is 11.8 Å². The molecule has 1 aromatic rings. The van der Waals surface area contributed by atoms with E-state index in [0.717, 1.165) is 10.6 Å². The Morgan fingerprint density at radius 3 is 3.05 bits per heavy atom. The first-order chi connectivity index (χ1) is 9.13. The van der Waals surface area contributed by atoms with Crippen LogP contribution >= 0.6 is 11.8 Å². The summed E-state index contributed by atoms with van der Waals surface area (Å²) in [7, 11) is 0. The average molecular weight is 279 g/mol. The number of fused-ring (bicyclic) bond motifs is 1. The van der Waals surface area contributed by atoms with Crippen LogP contribution < -0.4 is 16.4 Å². The smallest absolute Gasteiger partial charge is 0.234 e. The van der Waals surface area contributed by atoms with E-state index < -0.39 is 0 Å². The van der Waals surface area contributed by atoms with E-state index in [1.807, 2.05) is 19.1 Å². The van der Waals surface area contributed by atoms with Crippen LogP contribution in [0.25, 0.3) is 0 Å². The van der Waals surface area contributed by atoms with E-state index in [9.17, 15) is 9.59 Å². The van der Waals surface area contributed by atoms with Gasteiger partial charge in [0, 0.05) is 17.1 Å². The summed E-state index contributed by atoms with van der Waals surface area (Å²) in [6.45, 7) is 2.26. The van der Waals surface area contributed by atoms with Gasteiger partial charge in [-0.3, -0.25) is 9.59 Å². The van der Waals surface area contributed by atoms with Crippen molar-refractivity contribution < 1.29 is 9.59 Å². The third-order valence-electron chi connectivity index (χ3n) is 3.03. The first kappa shape index (κ1) is 13.9. The van der Waals surface area contributed by atoms with Crippen molar-refractivity contribution in [3.05, 3.63) is 18.2 Å². The summed E-state index contributed by atoms with van der Waals surface area (Å²) in [4.78, 5) is 24.3. The molecule has 0 radical (unpaired) electrons. The SMILES string of the molecule is CCC(CN)C(=O)Nc1ccc2c(c1)NC(=O)CS2. The fourth-order valence-electron chi connectivity index (χ4n) is 1.86. The fourth-order valence-corrected chi connectivity index (χ4v) is 2.65. The summed E-state index contributed by atoms with van der Waals surface area (Å²) in [5.41, 5.74) is 6.97. The van der Waals surface area contributed by atoms with E-state index in [0.29, 0.717) is 24.4 Å². The van der Waals surface area contributed by atoms with Crippen LogP contribution in [0, 0.1) is 5.92 Å². The lowest BCUT2D eigenvalue weighted by Crippen LogP contribution is -2.28. The molecule has 0 fully saturated rings. The Bertz CT molecular complexity index is 501. The number of amides is 2. The summed E-state index contributed by atoms with van der Waals surface area (Å²) in [5.74, 6) is 0.151. The van der Waals surface area contributed by atoms with Crippen molar-refractivity contribution in [2.45, 2.75) is 18.2 Å². The third kappa shape index (κ3) is 3.27. The molecule has 0 aliphatic carbocycles. The van der Waals surface area contributed by atoms with Crippen LogP contribution in [-0.2, 0) is 9.59 Å². The summed E-state index contributed by atoms with van der Waals surface area (Å²) in [6.07, 6.45) is 0.708. The second-order valence-corrected chi connectivity index (χ2v) is 5.40. The molecule has 1 aliphatic rings. The number of nitrogens with one attached hydrogen (secondary N) is 2. The molecule has 5 nitrogen and oxygen atoms in total. The van der Waals surface area contributed by atoms with Crippen LogP contribution in [0.5, 0.6) is 0 Å². The molecule has 0 saturated carbocycles. The number of carbonyl (C=O) groups is 2. The van der Waals surface area contributed by atoms with Crippen LogP contribution in [0.3, 0.4) is 0 Å². The Balaban J connectivity index is 2.12. The minimum absolute atomic E-state index is 0.0191. The van der Waals surface area contributed by atoms with E-state index in [2.05, 4.69) is 10.6 Å². The zero-order chi connectivity index (χ0) is 13.8. The quantitative estimate of drug-likeness (QED) is 0.782. The molecule has 0 saturated heterocycles. The Kier molecular flexibility index (Phi) is 4.44. The minimum Gasteiger partial charge on any atom is -0.330 e. The van der Waals surface area contributed by atoms with Crippen molar-refractivity contribution >= 4 is 35.0 Å². The van der Waals surface area contributed by atoms with Crippen LogP contribution in [0.1, 0.15) is 13.3 Å². The number of thioether (sulfide) groups is 1. The molecule has 0 aromatic heterocycles. The molecule has 19 heavy (non-hydrogen) atoms. The van der Waals surface area contributed by atoms with Gasteiger partial charge in [-0.1, -0.05) is 6.92 Å². The van der Waals surface area contributed by atoms with Crippen LogP contribution in [-0.4, -0.2) is 24.1 Å². The van der Waals surface area contributed by atoms with E-state index in [-0.39, 0.29) is 17.7 Å². The average Bonchev–Trinajstić information content (AvgIpc) is 2.39. The highest BCUT2D eigenvalue weighted by molar-refractivity contribution is 8.00. The van der Waals surface area contributed by atoms with Crippen LogP contribution in [0.4, 0.5) is 11.4 Å². The maximum atomic E-state index is 11.9. The van der Waals surface area contributed by atoms with Gasteiger partial charge in [-0.15, -0.1) is 11.8 Å². The molecular formula is C13H17N3O2S. The van der Waals surface area contributed by atoms with Gasteiger partial charge >= 0.3 is 0 Å². The highest BCUT2D eigenvalue weighted by Gasteiger charge is 2.18. The number of hydrogen-bond acceptors (Lipinski definition) is 4. The van der Waals surface area contributed by atoms with Crippen LogP contribution in [0.15, 0.2) is 23.1 Å². The second kappa shape index (κ2) is 6.08. The van der Waals surface area contributed by atoms with Crippen molar-refractivity contribution in [3.8, 4) is 0 Å². The highest BCUT2D eigenvalue weighted by Crippen LogP contribution is 2.33. The predicted molar refractivity (Wildman–Crippen MR) is 77.3 cm³/mol. The Labute approximate surface area is 116 Å². The molecule has 4 N–H and O–H groups in total. The molecule has 0 bridgehead atoms. The van der Waals surface area contributed by atoms with Crippen molar-refractivity contribution in [1.82, 2.24) is 0 Å². The van der Waals surface area contributed by atoms with Gasteiger partial charge in [0.1, 0.15) is 0 Å². The lowest BCUT2D eigenvalue weighted by Gasteiger charge is -2.18. The summed E-state index contributed by atoms with van der Waals surface area (Å²) in [5, 5.41) is 5.62. The molecule has 1 aliphatic heterocycles. The number of anilines is 2. The van der Waals surface area contributed by atoms with Crippen LogP contribution in [0.2, 0.25) is 0 Å². The van der Waals surface area contributed by atoms with Gasteiger partial charge in [0.25, 0.3) is 0 Å².